The first-order valence-corrected chi connectivity index (χ1v) is 8.02. The van der Waals surface area contributed by atoms with Gasteiger partial charge >= 0.3 is 6.03 Å². The van der Waals surface area contributed by atoms with Gasteiger partial charge in [-0.25, -0.2) is 4.79 Å². The summed E-state index contributed by atoms with van der Waals surface area (Å²) in [6, 6.07) is 7.34. The van der Waals surface area contributed by atoms with E-state index in [-0.39, 0.29) is 18.1 Å². The number of hydrogen-bond donors (Lipinski definition) is 2. The first kappa shape index (κ1) is 16.6. The second kappa shape index (κ2) is 7.49. The van der Waals surface area contributed by atoms with Crippen LogP contribution in [0.5, 0.6) is 5.75 Å². The van der Waals surface area contributed by atoms with E-state index in [1.807, 2.05) is 36.1 Å². The maximum Gasteiger partial charge on any atom is 0.321 e. The number of hydrogen-bond acceptors (Lipinski definition) is 3. The van der Waals surface area contributed by atoms with Crippen molar-refractivity contribution in [3.63, 3.8) is 0 Å². The minimum Gasteiger partial charge on any atom is -0.494 e. The van der Waals surface area contributed by atoms with Crippen molar-refractivity contribution in [3.8, 4) is 5.75 Å². The Morgan fingerprint density at radius 1 is 1.36 bits per heavy atom. The summed E-state index contributed by atoms with van der Waals surface area (Å²) in [5, 5.41) is 12.5. The summed E-state index contributed by atoms with van der Waals surface area (Å²) >= 11 is 0. The molecule has 5 nitrogen and oxygen atoms in total. The summed E-state index contributed by atoms with van der Waals surface area (Å²) in [7, 11) is 0. The molecular formula is C17H26N2O3. The van der Waals surface area contributed by atoms with Gasteiger partial charge in [-0.15, -0.1) is 0 Å². The number of likely N-dealkylation sites (tertiary alicyclic amines) is 1. The van der Waals surface area contributed by atoms with Crippen LogP contribution < -0.4 is 10.1 Å². The molecule has 1 fully saturated rings. The van der Waals surface area contributed by atoms with E-state index in [4.69, 9.17) is 4.74 Å². The van der Waals surface area contributed by atoms with E-state index in [2.05, 4.69) is 12.2 Å². The molecule has 0 unspecified atom stereocenters. The monoisotopic (exact) mass is 306 g/mol. The van der Waals surface area contributed by atoms with Gasteiger partial charge < -0.3 is 20.1 Å². The highest BCUT2D eigenvalue weighted by Gasteiger charge is 2.33. The number of urea groups is 1. The molecule has 22 heavy (non-hydrogen) atoms. The van der Waals surface area contributed by atoms with E-state index < -0.39 is 0 Å². The van der Waals surface area contributed by atoms with E-state index in [1.165, 1.54) is 0 Å². The van der Waals surface area contributed by atoms with E-state index in [1.54, 1.807) is 0 Å². The van der Waals surface area contributed by atoms with Gasteiger partial charge in [-0.3, -0.25) is 0 Å². The fourth-order valence-electron chi connectivity index (χ4n) is 2.84. The fourth-order valence-corrected chi connectivity index (χ4v) is 2.84. The molecular weight excluding hydrogens is 280 g/mol. The first-order chi connectivity index (χ1) is 10.6. The Hall–Kier alpha value is -1.75. The molecule has 122 valence electrons. The predicted octanol–water partition coefficient (Wildman–Crippen LogP) is 3.10. The summed E-state index contributed by atoms with van der Waals surface area (Å²) in [6.07, 6.45) is 2.66. The van der Waals surface area contributed by atoms with Gasteiger partial charge in [0.05, 0.1) is 6.61 Å². The predicted molar refractivity (Wildman–Crippen MR) is 87.2 cm³/mol. The number of rotatable bonds is 5. The van der Waals surface area contributed by atoms with Crippen molar-refractivity contribution in [2.75, 3.05) is 31.6 Å². The maximum atomic E-state index is 12.3. The van der Waals surface area contributed by atoms with Crippen LogP contribution in [0, 0.1) is 5.41 Å². The van der Waals surface area contributed by atoms with E-state index >= 15 is 0 Å². The quantitative estimate of drug-likeness (QED) is 0.878. The lowest BCUT2D eigenvalue weighted by Crippen LogP contribution is -2.46. The zero-order valence-electron chi connectivity index (χ0n) is 13.5. The number of piperidine rings is 1. The van der Waals surface area contributed by atoms with Gasteiger partial charge in [0, 0.05) is 31.5 Å². The Bertz CT molecular complexity index is 490. The topological polar surface area (TPSA) is 61.8 Å². The van der Waals surface area contributed by atoms with Gasteiger partial charge in [0.15, 0.2) is 0 Å². The lowest BCUT2D eigenvalue weighted by atomic mass is 9.77. The molecule has 2 rings (SSSR count). The van der Waals surface area contributed by atoms with Crippen molar-refractivity contribution in [1.82, 2.24) is 4.90 Å². The zero-order chi connectivity index (χ0) is 16.0. The van der Waals surface area contributed by atoms with E-state index in [0.29, 0.717) is 19.7 Å². The van der Waals surface area contributed by atoms with Crippen molar-refractivity contribution in [2.24, 2.45) is 5.41 Å². The molecule has 0 saturated carbocycles. The number of carbonyl (C=O) groups excluding carboxylic acids is 1. The minimum absolute atomic E-state index is 0.00827. The molecule has 1 saturated heterocycles. The van der Waals surface area contributed by atoms with Crippen LogP contribution >= 0.6 is 0 Å². The summed E-state index contributed by atoms with van der Waals surface area (Å²) in [5.74, 6) is 0.754. The second-order valence-corrected chi connectivity index (χ2v) is 5.89. The third-order valence-electron chi connectivity index (χ3n) is 4.59. The molecule has 5 heteroatoms. The molecule has 1 aromatic rings. The maximum absolute atomic E-state index is 12.3. The van der Waals surface area contributed by atoms with Crippen LogP contribution in [0.4, 0.5) is 10.5 Å². The number of benzene rings is 1. The molecule has 2 N–H and O–H groups in total. The van der Waals surface area contributed by atoms with Crippen molar-refractivity contribution in [2.45, 2.75) is 33.1 Å². The van der Waals surface area contributed by atoms with Crippen molar-refractivity contribution in [1.29, 1.82) is 0 Å². The molecule has 2 amide bonds. The van der Waals surface area contributed by atoms with Gasteiger partial charge in [-0.2, -0.15) is 0 Å². The number of aliphatic hydroxyl groups excluding tert-OH is 1. The van der Waals surface area contributed by atoms with Crippen LogP contribution in [-0.2, 0) is 0 Å². The molecule has 1 aromatic carbocycles. The lowest BCUT2D eigenvalue weighted by molar-refractivity contribution is 0.0542. The average molecular weight is 306 g/mol. The molecule has 0 atom stereocenters. The number of nitrogens with zero attached hydrogens (tertiary/aromatic N) is 1. The van der Waals surface area contributed by atoms with Gasteiger partial charge in [0.2, 0.25) is 0 Å². The first-order valence-electron chi connectivity index (χ1n) is 8.02. The molecule has 0 radical (unpaired) electrons. The molecule has 1 heterocycles. The van der Waals surface area contributed by atoms with Crippen LogP contribution in [0.3, 0.4) is 0 Å². The molecule has 0 aromatic heterocycles. The number of amides is 2. The number of ether oxygens (including phenoxy) is 1. The third kappa shape index (κ3) is 3.91. The van der Waals surface area contributed by atoms with Gasteiger partial charge in [0.1, 0.15) is 5.75 Å². The van der Waals surface area contributed by atoms with E-state index in [9.17, 15) is 9.90 Å². The standard InChI is InChI=1S/C17H26N2O3/c1-3-17(13-20)8-10-19(11-9-17)16(21)18-14-6-5-7-15(12-14)22-4-2/h5-7,12,20H,3-4,8-11,13H2,1-2H3,(H,18,21). The summed E-state index contributed by atoms with van der Waals surface area (Å²) in [4.78, 5) is 14.2. The lowest BCUT2D eigenvalue weighted by Gasteiger charge is -2.40. The second-order valence-electron chi connectivity index (χ2n) is 5.89. The van der Waals surface area contributed by atoms with E-state index in [0.717, 1.165) is 30.7 Å². The molecule has 1 aliphatic heterocycles. The highest BCUT2D eigenvalue weighted by Crippen LogP contribution is 2.34. The van der Waals surface area contributed by atoms with Crippen molar-refractivity contribution in [3.05, 3.63) is 24.3 Å². The zero-order valence-corrected chi connectivity index (χ0v) is 13.5. The Labute approximate surface area is 132 Å². The van der Waals surface area contributed by atoms with Crippen LogP contribution in [-0.4, -0.2) is 42.3 Å². The minimum atomic E-state index is -0.0868. The molecule has 0 spiro atoms. The highest BCUT2D eigenvalue weighted by atomic mass is 16.5. The third-order valence-corrected chi connectivity index (χ3v) is 4.59. The number of anilines is 1. The van der Waals surface area contributed by atoms with Crippen LogP contribution in [0.25, 0.3) is 0 Å². The van der Waals surface area contributed by atoms with Gasteiger partial charge in [-0.1, -0.05) is 13.0 Å². The van der Waals surface area contributed by atoms with Gasteiger partial charge in [0.25, 0.3) is 0 Å². The van der Waals surface area contributed by atoms with Crippen molar-refractivity contribution < 1.29 is 14.6 Å². The largest absolute Gasteiger partial charge is 0.494 e. The smallest absolute Gasteiger partial charge is 0.321 e. The average Bonchev–Trinajstić information content (AvgIpc) is 2.55. The molecule has 0 bridgehead atoms. The summed E-state index contributed by atoms with van der Waals surface area (Å²) in [6.45, 7) is 6.21. The molecule has 1 aliphatic rings. The Morgan fingerprint density at radius 2 is 2.09 bits per heavy atom. The van der Waals surface area contributed by atoms with Gasteiger partial charge in [-0.05, 0) is 43.7 Å². The number of aliphatic hydroxyl groups is 1. The Kier molecular flexibility index (Phi) is 5.66. The fraction of sp³-hybridized carbons (Fsp3) is 0.588. The van der Waals surface area contributed by atoms with Crippen LogP contribution in [0.2, 0.25) is 0 Å². The Morgan fingerprint density at radius 3 is 2.68 bits per heavy atom. The SMILES string of the molecule is CCOc1cccc(NC(=O)N2CCC(CC)(CO)CC2)c1. The van der Waals surface area contributed by atoms with Crippen LogP contribution in [0.15, 0.2) is 24.3 Å². The molecule has 0 aliphatic carbocycles. The Balaban J connectivity index is 1.92. The summed E-state index contributed by atoms with van der Waals surface area (Å²) < 4.78 is 5.44. The normalized spacial score (nSPS) is 17.1. The number of carbonyl (C=O) groups is 1. The summed E-state index contributed by atoms with van der Waals surface area (Å²) in [5.41, 5.74) is 0.733. The van der Waals surface area contributed by atoms with Crippen molar-refractivity contribution >= 4 is 11.7 Å². The number of nitrogens with one attached hydrogen (secondary N) is 1. The highest BCUT2D eigenvalue weighted by molar-refractivity contribution is 5.89. The van der Waals surface area contributed by atoms with Crippen LogP contribution in [0.1, 0.15) is 33.1 Å².